The maximum absolute atomic E-state index is 12.9. The van der Waals surface area contributed by atoms with Crippen molar-refractivity contribution in [3.8, 4) is 0 Å². The predicted octanol–water partition coefficient (Wildman–Crippen LogP) is 2.76. The second-order valence-corrected chi connectivity index (χ2v) is 4.77. The first-order valence-electron chi connectivity index (χ1n) is 6.60. The third-order valence-corrected chi connectivity index (χ3v) is 3.39. The van der Waals surface area contributed by atoms with E-state index in [2.05, 4.69) is 10.4 Å². The van der Waals surface area contributed by atoms with Gasteiger partial charge >= 0.3 is 0 Å². The number of hydrogen-bond donors (Lipinski definition) is 2. The molecule has 4 heteroatoms. The molecule has 0 spiro atoms. The molecule has 1 aliphatic carbocycles. The largest absolute Gasteiger partial charge is 0.308 e. The normalized spacial score (nSPS) is 18.4. The number of hydrogen-bond acceptors (Lipinski definition) is 2. The quantitative estimate of drug-likeness (QED) is 0.278. The maximum atomic E-state index is 12.9. The van der Waals surface area contributed by atoms with E-state index in [9.17, 15) is 4.39 Å². The van der Waals surface area contributed by atoms with Crippen molar-refractivity contribution in [1.29, 1.82) is 0 Å². The van der Waals surface area contributed by atoms with Crippen LogP contribution in [0.1, 0.15) is 44.1 Å². The Bertz CT molecular complexity index is 392. The van der Waals surface area contributed by atoms with E-state index in [1.165, 1.54) is 37.8 Å². The van der Waals surface area contributed by atoms with Crippen LogP contribution in [0.2, 0.25) is 0 Å². The number of halogens is 1. The summed E-state index contributed by atoms with van der Waals surface area (Å²) >= 11 is 0. The zero-order valence-electron chi connectivity index (χ0n) is 10.5. The van der Waals surface area contributed by atoms with E-state index in [1.54, 1.807) is 12.1 Å². The van der Waals surface area contributed by atoms with Gasteiger partial charge in [-0.3, -0.25) is 4.99 Å². The summed E-state index contributed by atoms with van der Waals surface area (Å²) in [4.78, 5) is 4.67. The molecule has 0 saturated heterocycles. The fourth-order valence-electron chi connectivity index (χ4n) is 2.37. The van der Waals surface area contributed by atoms with Gasteiger partial charge in [-0.25, -0.2) is 10.2 Å². The van der Waals surface area contributed by atoms with Crippen molar-refractivity contribution < 1.29 is 4.39 Å². The van der Waals surface area contributed by atoms with Crippen molar-refractivity contribution in [1.82, 2.24) is 5.43 Å². The lowest BCUT2D eigenvalue weighted by molar-refractivity contribution is 0.583. The second-order valence-electron chi connectivity index (χ2n) is 4.77. The van der Waals surface area contributed by atoms with Crippen LogP contribution in [0.5, 0.6) is 0 Å². The molecule has 0 heterocycles. The van der Waals surface area contributed by atoms with Gasteiger partial charge in [0.25, 0.3) is 0 Å². The number of rotatable bonds is 2. The Balaban J connectivity index is 2.13. The van der Waals surface area contributed by atoms with Crippen LogP contribution in [0.25, 0.3) is 0 Å². The molecule has 3 N–H and O–H groups in total. The average Bonchev–Trinajstić information content (AvgIpc) is 2.66. The van der Waals surface area contributed by atoms with E-state index < -0.39 is 0 Å². The molecule has 0 atom stereocenters. The Hall–Kier alpha value is -1.42. The van der Waals surface area contributed by atoms with Gasteiger partial charge in [-0.2, -0.15) is 0 Å². The molecule has 3 nitrogen and oxygen atoms in total. The molecule has 18 heavy (non-hydrogen) atoms. The fourth-order valence-corrected chi connectivity index (χ4v) is 2.37. The zero-order valence-corrected chi connectivity index (χ0v) is 10.5. The van der Waals surface area contributed by atoms with Gasteiger partial charge in [0.2, 0.25) is 0 Å². The van der Waals surface area contributed by atoms with Crippen molar-refractivity contribution in [3.63, 3.8) is 0 Å². The van der Waals surface area contributed by atoms with E-state index >= 15 is 0 Å². The third-order valence-electron chi connectivity index (χ3n) is 3.39. The Kier molecular flexibility index (Phi) is 4.70. The molecular weight excluding hydrogens is 229 g/mol. The van der Waals surface area contributed by atoms with Crippen molar-refractivity contribution in [2.75, 3.05) is 0 Å². The molecule has 1 aromatic rings. The average molecular weight is 249 g/mol. The Morgan fingerprint density at radius 2 is 1.72 bits per heavy atom. The number of benzene rings is 1. The number of aliphatic imine (C=N–C) groups is 1. The van der Waals surface area contributed by atoms with Crippen molar-refractivity contribution in [2.24, 2.45) is 10.8 Å². The Morgan fingerprint density at radius 1 is 1.11 bits per heavy atom. The topological polar surface area (TPSA) is 50.4 Å². The van der Waals surface area contributed by atoms with Crippen LogP contribution in [0, 0.1) is 5.82 Å². The molecule has 0 unspecified atom stereocenters. The molecule has 1 aromatic carbocycles. The summed E-state index contributed by atoms with van der Waals surface area (Å²) in [5, 5.41) is 0. The van der Waals surface area contributed by atoms with Gasteiger partial charge in [0.15, 0.2) is 0 Å². The second kappa shape index (κ2) is 6.50. The summed E-state index contributed by atoms with van der Waals surface area (Å²) < 4.78 is 12.9. The van der Waals surface area contributed by atoms with Crippen LogP contribution in [0.4, 0.5) is 4.39 Å². The minimum absolute atomic E-state index is 0.246. The van der Waals surface area contributed by atoms with Gasteiger partial charge in [0.05, 0.1) is 6.04 Å². The lowest BCUT2D eigenvalue weighted by atomic mass is 10.1. The number of hydrazine groups is 1. The standard InChI is InChI=1S/C14H20FN3/c15-12-9-7-11(8-10-12)14(18-16)17-13-5-3-1-2-4-6-13/h7-10,13H,1-6,16H2,(H,17,18). The third kappa shape index (κ3) is 3.53. The smallest absolute Gasteiger partial charge is 0.142 e. The number of nitrogens with one attached hydrogen (secondary N) is 1. The lowest BCUT2D eigenvalue weighted by Crippen LogP contribution is -2.32. The SMILES string of the molecule is NNC(=NC1CCCCCC1)c1ccc(F)cc1. The van der Waals surface area contributed by atoms with E-state index in [0.717, 1.165) is 18.4 Å². The highest BCUT2D eigenvalue weighted by molar-refractivity contribution is 5.98. The fraction of sp³-hybridized carbons (Fsp3) is 0.500. The van der Waals surface area contributed by atoms with Crippen LogP contribution in [-0.4, -0.2) is 11.9 Å². The highest BCUT2D eigenvalue weighted by atomic mass is 19.1. The van der Waals surface area contributed by atoms with E-state index in [-0.39, 0.29) is 5.82 Å². The van der Waals surface area contributed by atoms with Gasteiger partial charge in [-0.1, -0.05) is 25.7 Å². The van der Waals surface area contributed by atoms with E-state index in [4.69, 9.17) is 5.84 Å². The Morgan fingerprint density at radius 3 is 2.28 bits per heavy atom. The molecule has 0 amide bonds. The van der Waals surface area contributed by atoms with Crippen LogP contribution < -0.4 is 11.3 Å². The molecule has 0 radical (unpaired) electrons. The molecule has 0 aliphatic heterocycles. The Labute approximate surface area is 107 Å². The van der Waals surface area contributed by atoms with Crippen LogP contribution in [0.3, 0.4) is 0 Å². The number of nitrogens with two attached hydrogens (primary N) is 1. The summed E-state index contributed by atoms with van der Waals surface area (Å²) in [5.41, 5.74) is 3.47. The van der Waals surface area contributed by atoms with Crippen molar-refractivity contribution in [3.05, 3.63) is 35.6 Å². The summed E-state index contributed by atoms with van der Waals surface area (Å²) in [6.07, 6.45) is 7.30. The molecule has 1 saturated carbocycles. The summed E-state index contributed by atoms with van der Waals surface area (Å²) in [6.45, 7) is 0. The van der Waals surface area contributed by atoms with Crippen molar-refractivity contribution >= 4 is 5.84 Å². The maximum Gasteiger partial charge on any atom is 0.142 e. The van der Waals surface area contributed by atoms with Gasteiger partial charge in [0.1, 0.15) is 11.7 Å². The van der Waals surface area contributed by atoms with Gasteiger partial charge < -0.3 is 5.43 Å². The highest BCUT2D eigenvalue weighted by Crippen LogP contribution is 2.20. The predicted molar refractivity (Wildman–Crippen MR) is 71.8 cm³/mol. The highest BCUT2D eigenvalue weighted by Gasteiger charge is 2.12. The number of amidine groups is 1. The monoisotopic (exact) mass is 249 g/mol. The zero-order chi connectivity index (χ0) is 12.8. The molecular formula is C14H20FN3. The van der Waals surface area contributed by atoms with E-state index in [0.29, 0.717) is 11.9 Å². The molecule has 1 aliphatic rings. The molecule has 0 bridgehead atoms. The minimum atomic E-state index is -0.246. The van der Waals surface area contributed by atoms with Crippen molar-refractivity contribution in [2.45, 2.75) is 44.6 Å². The van der Waals surface area contributed by atoms with E-state index in [1.807, 2.05) is 0 Å². The summed E-state index contributed by atoms with van der Waals surface area (Å²) in [6, 6.07) is 6.59. The first-order chi connectivity index (χ1) is 8.79. The lowest BCUT2D eigenvalue weighted by Gasteiger charge is -2.12. The molecule has 98 valence electrons. The minimum Gasteiger partial charge on any atom is -0.308 e. The number of nitrogens with zero attached hydrogens (tertiary/aromatic N) is 1. The molecule has 2 rings (SSSR count). The van der Waals surface area contributed by atoms with Gasteiger partial charge in [-0.05, 0) is 37.1 Å². The van der Waals surface area contributed by atoms with Crippen LogP contribution >= 0.6 is 0 Å². The summed E-state index contributed by atoms with van der Waals surface area (Å²) in [7, 11) is 0. The summed E-state index contributed by atoms with van der Waals surface area (Å²) in [5.74, 6) is 5.93. The van der Waals surface area contributed by atoms with Crippen LogP contribution in [-0.2, 0) is 0 Å². The van der Waals surface area contributed by atoms with Gasteiger partial charge in [0, 0.05) is 5.56 Å². The van der Waals surface area contributed by atoms with Gasteiger partial charge in [-0.15, -0.1) is 0 Å². The first kappa shape index (κ1) is 13.0. The molecule has 0 aromatic heterocycles. The van der Waals surface area contributed by atoms with Crippen LogP contribution in [0.15, 0.2) is 29.3 Å². The first-order valence-corrected chi connectivity index (χ1v) is 6.60. The molecule has 1 fully saturated rings.